The second-order valence-corrected chi connectivity index (χ2v) is 7.94. The van der Waals surface area contributed by atoms with Crippen molar-refractivity contribution in [2.75, 3.05) is 12.9 Å². The number of hydrogen-bond acceptors (Lipinski definition) is 4. The Morgan fingerprint density at radius 1 is 1.04 bits per heavy atom. The zero-order valence-corrected chi connectivity index (χ0v) is 19.5. The summed E-state index contributed by atoms with van der Waals surface area (Å²) in [5, 5.41) is 30.1. The Hall–Kier alpha value is -0.710. The molecule has 0 saturated heterocycles. The van der Waals surface area contributed by atoms with Crippen molar-refractivity contribution in [1.29, 1.82) is 0 Å². The minimum Gasteiger partial charge on any atom is -0.508 e. The van der Waals surface area contributed by atoms with Gasteiger partial charge < -0.3 is 15.3 Å². The molecule has 6 atom stereocenters. The third-order valence-electron chi connectivity index (χ3n) is 7.07. The van der Waals surface area contributed by atoms with Crippen LogP contribution >= 0.6 is 12.6 Å². The van der Waals surface area contributed by atoms with E-state index in [4.69, 9.17) is 0 Å². The minimum atomic E-state index is -0.160. The SMILES string of the molecule is CC.CC.CC12CCC3c4ccc(O)cc4C(CO)CC3C1CCC2O.CS. The van der Waals surface area contributed by atoms with Crippen LogP contribution in [0.1, 0.15) is 89.7 Å². The van der Waals surface area contributed by atoms with Gasteiger partial charge in [0.1, 0.15) is 5.75 Å². The predicted molar refractivity (Wildman–Crippen MR) is 122 cm³/mol. The molecule has 0 amide bonds. The fourth-order valence-electron chi connectivity index (χ4n) is 5.86. The topological polar surface area (TPSA) is 60.7 Å². The molecule has 2 saturated carbocycles. The number of thiol groups is 1. The number of rotatable bonds is 1. The Labute approximate surface area is 178 Å². The summed E-state index contributed by atoms with van der Waals surface area (Å²) in [6.45, 7) is 10.4. The molecule has 4 heteroatoms. The quantitative estimate of drug-likeness (QED) is 0.446. The predicted octanol–water partition coefficient (Wildman–Crippen LogP) is 5.74. The first kappa shape index (κ1) is 25.3. The van der Waals surface area contributed by atoms with E-state index in [-0.39, 0.29) is 24.0 Å². The van der Waals surface area contributed by atoms with Gasteiger partial charge in [-0.05, 0) is 84.8 Å². The zero-order valence-electron chi connectivity index (χ0n) is 18.7. The van der Waals surface area contributed by atoms with Crippen LogP contribution < -0.4 is 0 Å². The molecular formula is C24H42O3S. The average Bonchev–Trinajstić information content (AvgIpc) is 3.06. The van der Waals surface area contributed by atoms with E-state index in [0.717, 1.165) is 37.7 Å². The largest absolute Gasteiger partial charge is 0.508 e. The van der Waals surface area contributed by atoms with Gasteiger partial charge in [-0.1, -0.05) is 40.7 Å². The maximum absolute atomic E-state index is 10.4. The van der Waals surface area contributed by atoms with Crippen molar-refractivity contribution in [3.63, 3.8) is 0 Å². The van der Waals surface area contributed by atoms with Crippen LogP contribution in [0.15, 0.2) is 18.2 Å². The van der Waals surface area contributed by atoms with Crippen LogP contribution in [0, 0.1) is 17.3 Å². The van der Waals surface area contributed by atoms with E-state index in [1.807, 2.05) is 33.8 Å². The number of fused-ring (bicyclic) bond motifs is 5. The minimum absolute atomic E-state index is 0.0651. The van der Waals surface area contributed by atoms with Crippen LogP contribution in [-0.2, 0) is 0 Å². The number of aromatic hydroxyl groups is 1. The second-order valence-electron chi connectivity index (χ2n) is 7.94. The Morgan fingerprint density at radius 3 is 2.29 bits per heavy atom. The summed E-state index contributed by atoms with van der Waals surface area (Å²) in [6.07, 6.45) is 6.77. The van der Waals surface area contributed by atoms with Gasteiger partial charge in [0.2, 0.25) is 0 Å². The lowest BCUT2D eigenvalue weighted by Gasteiger charge is -2.51. The molecule has 6 unspecified atom stereocenters. The Kier molecular flexibility index (Phi) is 10.4. The molecule has 0 bridgehead atoms. The zero-order chi connectivity index (χ0) is 21.5. The fourth-order valence-corrected chi connectivity index (χ4v) is 5.86. The first-order valence-corrected chi connectivity index (χ1v) is 12.0. The van der Waals surface area contributed by atoms with Crippen LogP contribution in [0.3, 0.4) is 0 Å². The Bertz CT molecular complexity index is 591. The summed E-state index contributed by atoms with van der Waals surface area (Å²) in [7, 11) is 0. The molecule has 4 rings (SSSR count). The summed E-state index contributed by atoms with van der Waals surface area (Å²) < 4.78 is 0. The number of aliphatic hydroxyl groups is 2. The lowest BCUT2D eigenvalue weighted by atomic mass is 9.54. The molecule has 0 heterocycles. The first-order valence-electron chi connectivity index (χ1n) is 11.1. The maximum atomic E-state index is 10.4. The fraction of sp³-hybridized carbons (Fsp3) is 0.750. The molecule has 3 aliphatic rings. The van der Waals surface area contributed by atoms with Crippen molar-refractivity contribution in [3.05, 3.63) is 29.3 Å². The molecule has 2 fully saturated rings. The third kappa shape index (κ3) is 4.55. The molecule has 0 aromatic heterocycles. The van der Waals surface area contributed by atoms with Gasteiger partial charge in [0.25, 0.3) is 0 Å². The molecule has 3 nitrogen and oxygen atoms in total. The van der Waals surface area contributed by atoms with Gasteiger partial charge in [-0.25, -0.2) is 0 Å². The maximum Gasteiger partial charge on any atom is 0.115 e. The molecule has 0 aliphatic heterocycles. The molecular weight excluding hydrogens is 368 g/mol. The molecule has 162 valence electrons. The summed E-state index contributed by atoms with van der Waals surface area (Å²) in [6, 6.07) is 5.70. The first-order chi connectivity index (χ1) is 13.5. The normalized spacial score (nSPS) is 34.7. The van der Waals surface area contributed by atoms with Gasteiger partial charge in [0, 0.05) is 12.5 Å². The van der Waals surface area contributed by atoms with Crippen LogP contribution in [0.4, 0.5) is 0 Å². The van der Waals surface area contributed by atoms with Crippen LogP contribution in [0.25, 0.3) is 0 Å². The molecule has 0 radical (unpaired) electrons. The van der Waals surface area contributed by atoms with Crippen molar-refractivity contribution in [2.45, 2.75) is 84.7 Å². The van der Waals surface area contributed by atoms with E-state index in [2.05, 4.69) is 25.6 Å². The summed E-state index contributed by atoms with van der Waals surface area (Å²) in [5.74, 6) is 2.08. The van der Waals surface area contributed by atoms with E-state index >= 15 is 0 Å². The average molecular weight is 411 g/mol. The van der Waals surface area contributed by atoms with Gasteiger partial charge in [-0.15, -0.1) is 0 Å². The Balaban J connectivity index is 0.000000599. The van der Waals surface area contributed by atoms with Gasteiger partial charge in [0.15, 0.2) is 0 Å². The Morgan fingerprint density at radius 2 is 1.68 bits per heavy atom. The summed E-state index contributed by atoms with van der Waals surface area (Å²) >= 11 is 3.53. The molecule has 28 heavy (non-hydrogen) atoms. The number of phenols is 1. The highest BCUT2D eigenvalue weighted by Gasteiger charge is 2.55. The number of hydrogen-bond donors (Lipinski definition) is 4. The third-order valence-corrected chi connectivity index (χ3v) is 7.07. The molecule has 0 spiro atoms. The molecule has 3 N–H and O–H groups in total. The van der Waals surface area contributed by atoms with Gasteiger partial charge in [-0.2, -0.15) is 12.6 Å². The summed E-state index contributed by atoms with van der Waals surface area (Å²) in [4.78, 5) is 0. The van der Waals surface area contributed by atoms with Crippen molar-refractivity contribution in [1.82, 2.24) is 0 Å². The van der Waals surface area contributed by atoms with Crippen molar-refractivity contribution in [2.24, 2.45) is 17.3 Å². The van der Waals surface area contributed by atoms with Gasteiger partial charge >= 0.3 is 0 Å². The number of phenolic OH excluding ortho intramolecular Hbond substituents is 1. The van der Waals surface area contributed by atoms with Crippen LogP contribution in [-0.4, -0.2) is 34.3 Å². The summed E-state index contributed by atoms with van der Waals surface area (Å²) in [5.41, 5.74) is 2.54. The van der Waals surface area contributed by atoms with Gasteiger partial charge in [-0.3, -0.25) is 0 Å². The number of benzene rings is 1. The van der Waals surface area contributed by atoms with Crippen LogP contribution in [0.2, 0.25) is 0 Å². The standard InChI is InChI=1S/C19H26O3.2C2H6.CH4S/c1-19-7-6-14-13-3-2-12(21)9-15(13)11(10-20)8-16(14)17(19)4-5-18(19)22;3*1-2/h2-3,9,11,14,16-18,20-22H,4-8,10H2,1H3;2*1-2H3;2H,1H3. The smallest absolute Gasteiger partial charge is 0.115 e. The highest BCUT2D eigenvalue weighted by Crippen LogP contribution is 2.62. The second kappa shape index (κ2) is 11.5. The molecule has 3 aliphatic carbocycles. The molecule has 1 aromatic carbocycles. The highest BCUT2D eigenvalue weighted by atomic mass is 32.1. The van der Waals surface area contributed by atoms with Crippen molar-refractivity contribution in [3.8, 4) is 5.75 Å². The van der Waals surface area contributed by atoms with E-state index in [9.17, 15) is 15.3 Å². The van der Waals surface area contributed by atoms with Crippen molar-refractivity contribution >= 4 is 12.6 Å². The lowest BCUT2D eigenvalue weighted by Crippen LogP contribution is -2.44. The van der Waals surface area contributed by atoms with Crippen LogP contribution in [0.5, 0.6) is 5.75 Å². The highest BCUT2D eigenvalue weighted by molar-refractivity contribution is 7.79. The monoisotopic (exact) mass is 410 g/mol. The van der Waals surface area contributed by atoms with E-state index in [1.54, 1.807) is 12.3 Å². The van der Waals surface area contributed by atoms with Gasteiger partial charge in [0.05, 0.1) is 6.10 Å². The van der Waals surface area contributed by atoms with E-state index < -0.39 is 0 Å². The van der Waals surface area contributed by atoms with E-state index in [0.29, 0.717) is 23.5 Å². The molecule has 1 aromatic rings. The van der Waals surface area contributed by atoms with Crippen molar-refractivity contribution < 1.29 is 15.3 Å². The number of aliphatic hydroxyl groups excluding tert-OH is 2. The lowest BCUT2D eigenvalue weighted by molar-refractivity contribution is -0.0265. The van der Waals surface area contributed by atoms with E-state index in [1.165, 1.54) is 5.56 Å².